The number of fused-ring (bicyclic) bond motifs is 2. The summed E-state index contributed by atoms with van der Waals surface area (Å²) in [5.41, 5.74) is 4.15. The van der Waals surface area contributed by atoms with Crippen LogP contribution in [0, 0.1) is 0 Å². The fourth-order valence-electron chi connectivity index (χ4n) is 4.28. The molecule has 2 aromatic carbocycles. The minimum Gasteiger partial charge on any atom is -0.361 e. The van der Waals surface area contributed by atoms with E-state index in [-0.39, 0.29) is 17.7 Å². The van der Waals surface area contributed by atoms with Crippen molar-refractivity contribution >= 4 is 34.3 Å². The van der Waals surface area contributed by atoms with Crippen molar-refractivity contribution in [1.82, 2.24) is 15.6 Å². The fraction of sp³-hybridized carbons (Fsp3) is 0.320. The van der Waals surface area contributed by atoms with Crippen molar-refractivity contribution < 1.29 is 14.4 Å². The number of rotatable bonds is 8. The average molecular weight is 433 g/mol. The lowest BCUT2D eigenvalue weighted by molar-refractivity contribution is -0.128. The summed E-state index contributed by atoms with van der Waals surface area (Å²) in [4.78, 5) is 42.1. The van der Waals surface area contributed by atoms with E-state index in [0.717, 1.165) is 28.6 Å². The first-order valence-corrected chi connectivity index (χ1v) is 11.0. The molecule has 3 aromatic rings. The van der Waals surface area contributed by atoms with Crippen LogP contribution in [-0.2, 0) is 27.2 Å². The highest BCUT2D eigenvalue weighted by molar-refractivity contribution is 5.95. The molecule has 0 saturated carbocycles. The summed E-state index contributed by atoms with van der Waals surface area (Å²) < 4.78 is 0. The van der Waals surface area contributed by atoms with Gasteiger partial charge in [-0.05, 0) is 36.1 Å². The largest absolute Gasteiger partial charge is 0.361 e. The van der Waals surface area contributed by atoms with E-state index in [9.17, 15) is 14.4 Å². The Labute approximate surface area is 187 Å². The average Bonchev–Trinajstić information content (AvgIpc) is 3.40. The maximum absolute atomic E-state index is 12.8. The zero-order chi connectivity index (χ0) is 22.5. The van der Waals surface area contributed by atoms with E-state index in [1.165, 1.54) is 12.5 Å². The van der Waals surface area contributed by atoms with Gasteiger partial charge in [-0.1, -0.05) is 36.4 Å². The SMILES string of the molecule is CC(=O)NC(Cc1c[nH]c2ccccc12)C(=O)NCCCC(=O)N1CCc2ccccc21. The minimum atomic E-state index is -0.673. The van der Waals surface area contributed by atoms with Crippen LogP contribution >= 0.6 is 0 Å². The van der Waals surface area contributed by atoms with Crippen molar-refractivity contribution in [2.45, 2.75) is 38.6 Å². The highest BCUT2D eigenvalue weighted by Gasteiger charge is 2.24. The summed E-state index contributed by atoms with van der Waals surface area (Å²) in [7, 11) is 0. The van der Waals surface area contributed by atoms with Crippen LogP contribution < -0.4 is 15.5 Å². The highest BCUT2D eigenvalue weighted by atomic mass is 16.2. The number of anilines is 1. The predicted octanol–water partition coefficient (Wildman–Crippen LogP) is 2.70. The van der Waals surface area contributed by atoms with E-state index in [2.05, 4.69) is 21.7 Å². The van der Waals surface area contributed by atoms with E-state index < -0.39 is 6.04 Å². The van der Waals surface area contributed by atoms with Crippen molar-refractivity contribution in [2.24, 2.45) is 0 Å². The minimum absolute atomic E-state index is 0.0707. The van der Waals surface area contributed by atoms with Crippen molar-refractivity contribution in [1.29, 1.82) is 0 Å². The molecule has 2 heterocycles. The van der Waals surface area contributed by atoms with E-state index >= 15 is 0 Å². The standard InChI is InChI=1S/C25H28N4O3/c1-17(30)28-22(15-19-16-27-21-9-4-3-8-20(19)21)25(32)26-13-6-11-24(31)29-14-12-18-7-2-5-10-23(18)29/h2-5,7-10,16,22,27H,6,11-15H2,1H3,(H,26,32)(H,28,30). The normalized spacial score (nSPS) is 13.6. The van der Waals surface area contributed by atoms with Gasteiger partial charge in [0.1, 0.15) is 6.04 Å². The van der Waals surface area contributed by atoms with Gasteiger partial charge in [0, 0.05) is 55.6 Å². The number of benzene rings is 2. The van der Waals surface area contributed by atoms with Gasteiger partial charge in [0.2, 0.25) is 17.7 Å². The Morgan fingerprint density at radius 3 is 2.72 bits per heavy atom. The second-order valence-corrected chi connectivity index (χ2v) is 8.14. The summed E-state index contributed by atoms with van der Waals surface area (Å²) in [6.45, 7) is 2.49. The van der Waals surface area contributed by atoms with E-state index in [1.54, 1.807) is 0 Å². The molecule has 0 saturated heterocycles. The van der Waals surface area contributed by atoms with Gasteiger partial charge in [0.25, 0.3) is 0 Å². The van der Waals surface area contributed by atoms with Crippen LogP contribution in [0.1, 0.15) is 30.9 Å². The van der Waals surface area contributed by atoms with Gasteiger partial charge >= 0.3 is 0 Å². The molecule has 1 atom stereocenters. The number of H-pyrrole nitrogens is 1. The number of hydrogen-bond acceptors (Lipinski definition) is 3. The number of para-hydroxylation sites is 2. The van der Waals surface area contributed by atoms with Gasteiger partial charge in [0.15, 0.2) is 0 Å². The predicted molar refractivity (Wildman–Crippen MR) is 124 cm³/mol. The first-order chi connectivity index (χ1) is 15.5. The van der Waals surface area contributed by atoms with Crippen LogP contribution in [-0.4, -0.2) is 41.8 Å². The van der Waals surface area contributed by atoms with Crippen molar-refractivity contribution in [3.8, 4) is 0 Å². The van der Waals surface area contributed by atoms with E-state index in [0.29, 0.717) is 32.4 Å². The molecule has 3 amide bonds. The molecule has 1 unspecified atom stereocenters. The Morgan fingerprint density at radius 1 is 1.09 bits per heavy atom. The molecule has 7 nitrogen and oxygen atoms in total. The lowest BCUT2D eigenvalue weighted by Crippen LogP contribution is -2.47. The first-order valence-electron chi connectivity index (χ1n) is 11.0. The molecular weight excluding hydrogens is 404 g/mol. The molecule has 1 aliphatic heterocycles. The van der Waals surface area contributed by atoms with Gasteiger partial charge in [-0.3, -0.25) is 14.4 Å². The summed E-state index contributed by atoms with van der Waals surface area (Å²) in [5, 5.41) is 6.66. The quantitative estimate of drug-likeness (QED) is 0.478. The molecule has 166 valence electrons. The van der Waals surface area contributed by atoms with Crippen LogP contribution in [0.15, 0.2) is 54.7 Å². The summed E-state index contributed by atoms with van der Waals surface area (Å²) in [5.74, 6) is -0.432. The number of nitrogens with one attached hydrogen (secondary N) is 3. The number of aromatic nitrogens is 1. The van der Waals surface area contributed by atoms with E-state index in [4.69, 9.17) is 0 Å². The molecule has 0 fully saturated rings. The molecule has 1 aromatic heterocycles. The lowest BCUT2D eigenvalue weighted by Gasteiger charge is -2.19. The molecular formula is C25H28N4O3. The van der Waals surface area contributed by atoms with Crippen molar-refractivity contribution in [3.05, 3.63) is 65.9 Å². The van der Waals surface area contributed by atoms with Crippen molar-refractivity contribution in [3.63, 3.8) is 0 Å². The van der Waals surface area contributed by atoms with Gasteiger partial charge in [-0.2, -0.15) is 0 Å². The monoisotopic (exact) mass is 432 g/mol. The topological polar surface area (TPSA) is 94.3 Å². The summed E-state index contributed by atoms with van der Waals surface area (Å²) >= 11 is 0. The van der Waals surface area contributed by atoms with Crippen LogP contribution in [0.2, 0.25) is 0 Å². The third-order valence-corrected chi connectivity index (χ3v) is 5.85. The summed E-state index contributed by atoms with van der Waals surface area (Å²) in [6.07, 6.45) is 4.05. The molecule has 0 radical (unpaired) electrons. The molecule has 1 aliphatic rings. The molecule has 7 heteroatoms. The second-order valence-electron chi connectivity index (χ2n) is 8.14. The molecule has 3 N–H and O–H groups in total. The van der Waals surface area contributed by atoms with Crippen molar-refractivity contribution in [2.75, 3.05) is 18.0 Å². The fourth-order valence-corrected chi connectivity index (χ4v) is 4.28. The Balaban J connectivity index is 1.30. The first kappa shape index (κ1) is 21.6. The molecule has 0 aliphatic carbocycles. The number of aromatic amines is 1. The Hall–Kier alpha value is -3.61. The Kier molecular flexibility index (Phi) is 6.54. The van der Waals surface area contributed by atoms with Gasteiger partial charge in [-0.15, -0.1) is 0 Å². The van der Waals surface area contributed by atoms with Gasteiger partial charge in [0.05, 0.1) is 0 Å². The summed E-state index contributed by atoms with van der Waals surface area (Å²) in [6, 6.07) is 15.2. The maximum atomic E-state index is 12.8. The van der Waals surface area contributed by atoms with Crippen LogP contribution in [0.3, 0.4) is 0 Å². The van der Waals surface area contributed by atoms with Crippen LogP contribution in [0.25, 0.3) is 10.9 Å². The zero-order valence-electron chi connectivity index (χ0n) is 18.2. The number of hydrogen-bond donors (Lipinski definition) is 3. The van der Waals surface area contributed by atoms with E-state index in [1.807, 2.05) is 53.6 Å². The Morgan fingerprint density at radius 2 is 1.88 bits per heavy atom. The number of amides is 3. The van der Waals surface area contributed by atoms with Crippen LogP contribution in [0.4, 0.5) is 5.69 Å². The maximum Gasteiger partial charge on any atom is 0.242 e. The number of nitrogens with zero attached hydrogens (tertiary/aromatic N) is 1. The third-order valence-electron chi connectivity index (χ3n) is 5.85. The van der Waals surface area contributed by atoms with Gasteiger partial charge in [-0.25, -0.2) is 0 Å². The highest BCUT2D eigenvalue weighted by Crippen LogP contribution is 2.28. The third kappa shape index (κ3) is 4.82. The molecule has 0 spiro atoms. The van der Waals surface area contributed by atoms with Crippen LogP contribution in [0.5, 0.6) is 0 Å². The second kappa shape index (κ2) is 9.68. The van der Waals surface area contributed by atoms with Gasteiger partial charge < -0.3 is 20.5 Å². The molecule has 32 heavy (non-hydrogen) atoms. The molecule has 0 bridgehead atoms. The lowest BCUT2D eigenvalue weighted by atomic mass is 10.0. The Bertz CT molecular complexity index is 1140. The number of carbonyl (C=O) groups excluding carboxylic acids is 3. The molecule has 4 rings (SSSR count). The number of carbonyl (C=O) groups is 3. The zero-order valence-corrected chi connectivity index (χ0v) is 18.2. The smallest absolute Gasteiger partial charge is 0.242 e.